The van der Waals surface area contributed by atoms with Gasteiger partial charge < -0.3 is 10.0 Å². The van der Waals surface area contributed by atoms with Gasteiger partial charge in [-0.25, -0.2) is 0 Å². The van der Waals surface area contributed by atoms with Crippen LogP contribution in [0.3, 0.4) is 0 Å². The van der Waals surface area contributed by atoms with E-state index in [2.05, 4.69) is 43.0 Å². The third kappa shape index (κ3) is 5.11. The molecule has 0 radical (unpaired) electrons. The molecular weight excluding hydrogens is 379 g/mol. The summed E-state index contributed by atoms with van der Waals surface area (Å²) >= 11 is 0. The minimum Gasteiger partial charge on any atom is -0.481 e. The lowest BCUT2D eigenvalue weighted by atomic mass is 9.84. The Morgan fingerprint density at radius 2 is 1.72 bits per heavy atom. The fourth-order valence-corrected chi connectivity index (χ4v) is 4.04. The number of carboxylic acid groups (broad SMARTS) is 1. The van der Waals surface area contributed by atoms with Crippen molar-refractivity contribution in [1.82, 2.24) is 0 Å². The molecule has 6 heteroatoms. The minimum atomic E-state index is -4.36. The zero-order valence-corrected chi connectivity index (χ0v) is 16.6. The molecule has 1 aliphatic rings. The molecule has 1 heterocycles. The van der Waals surface area contributed by atoms with Crippen molar-refractivity contribution in [3.8, 4) is 0 Å². The van der Waals surface area contributed by atoms with Crippen LogP contribution in [0, 0.1) is 5.92 Å². The van der Waals surface area contributed by atoms with E-state index in [1.54, 1.807) is 0 Å². The highest BCUT2D eigenvalue weighted by molar-refractivity contribution is 5.67. The molecule has 0 spiro atoms. The minimum absolute atomic E-state index is 0.0490. The normalized spacial score (nSPS) is 20.1. The average molecular weight is 405 g/mol. The number of aliphatic carboxylic acids is 1. The molecule has 1 saturated heterocycles. The van der Waals surface area contributed by atoms with Crippen LogP contribution in [-0.4, -0.2) is 17.6 Å². The summed E-state index contributed by atoms with van der Waals surface area (Å²) in [5, 5.41) is 9.19. The topological polar surface area (TPSA) is 40.5 Å². The number of piperidine rings is 1. The van der Waals surface area contributed by atoms with Gasteiger partial charge in [0, 0.05) is 18.7 Å². The number of carboxylic acids is 1. The highest BCUT2D eigenvalue weighted by atomic mass is 19.4. The van der Waals surface area contributed by atoms with Gasteiger partial charge in [0.1, 0.15) is 0 Å². The number of anilines is 1. The Labute approximate surface area is 169 Å². The maximum absolute atomic E-state index is 12.9. The van der Waals surface area contributed by atoms with Gasteiger partial charge in [-0.1, -0.05) is 38.1 Å². The Hall–Kier alpha value is -2.50. The number of rotatable bonds is 5. The number of benzene rings is 2. The molecule has 3 nitrogen and oxygen atoms in total. The van der Waals surface area contributed by atoms with Crippen LogP contribution in [0.1, 0.15) is 61.8 Å². The van der Waals surface area contributed by atoms with Crippen LogP contribution in [0.4, 0.5) is 18.9 Å². The van der Waals surface area contributed by atoms with Gasteiger partial charge in [-0.05, 0) is 60.1 Å². The summed E-state index contributed by atoms with van der Waals surface area (Å²) in [5.41, 5.74) is 2.33. The predicted molar refractivity (Wildman–Crippen MR) is 107 cm³/mol. The van der Waals surface area contributed by atoms with Crippen molar-refractivity contribution in [2.24, 2.45) is 5.92 Å². The van der Waals surface area contributed by atoms with Crippen molar-refractivity contribution in [3.63, 3.8) is 0 Å². The Kier molecular flexibility index (Phi) is 6.20. The third-order valence-electron chi connectivity index (χ3n) is 5.69. The Morgan fingerprint density at radius 1 is 1.10 bits per heavy atom. The van der Waals surface area contributed by atoms with Gasteiger partial charge in [-0.2, -0.15) is 13.2 Å². The van der Waals surface area contributed by atoms with Gasteiger partial charge in [0.05, 0.1) is 11.6 Å². The highest BCUT2D eigenvalue weighted by Crippen LogP contribution is 2.40. The number of halogens is 3. The molecular formula is C23H26F3NO2. The number of carbonyl (C=O) groups is 1. The summed E-state index contributed by atoms with van der Waals surface area (Å²) in [6.07, 6.45) is -2.89. The fourth-order valence-electron chi connectivity index (χ4n) is 4.04. The van der Waals surface area contributed by atoms with Crippen molar-refractivity contribution in [2.75, 3.05) is 11.4 Å². The van der Waals surface area contributed by atoms with Gasteiger partial charge in [0.2, 0.25) is 0 Å². The molecule has 0 aromatic heterocycles. The lowest BCUT2D eigenvalue weighted by Crippen LogP contribution is -2.37. The van der Waals surface area contributed by atoms with Crippen LogP contribution in [0.15, 0.2) is 48.5 Å². The van der Waals surface area contributed by atoms with Crippen molar-refractivity contribution >= 4 is 11.7 Å². The molecule has 2 aromatic rings. The highest BCUT2D eigenvalue weighted by Gasteiger charge is 2.33. The van der Waals surface area contributed by atoms with E-state index in [9.17, 15) is 23.1 Å². The van der Waals surface area contributed by atoms with E-state index in [0.717, 1.165) is 23.4 Å². The first-order valence-corrected chi connectivity index (χ1v) is 9.90. The largest absolute Gasteiger partial charge is 0.481 e. The number of hydrogen-bond donors (Lipinski definition) is 1. The molecule has 156 valence electrons. The Morgan fingerprint density at radius 3 is 2.24 bits per heavy atom. The standard InChI is InChI=1S/C23H26F3NO2/c1-15(2)17-3-5-18(6-4-17)21-13-16(14-22(28)29)11-12-27(21)20-9-7-19(8-10-20)23(24,25)26/h3-10,15-16,21H,11-14H2,1-2H3,(H,28,29)/t16-,21+/m1/s1. The van der Waals surface area contributed by atoms with Crippen molar-refractivity contribution < 1.29 is 23.1 Å². The smallest absolute Gasteiger partial charge is 0.416 e. The van der Waals surface area contributed by atoms with Crippen molar-refractivity contribution in [3.05, 3.63) is 65.2 Å². The second-order valence-electron chi connectivity index (χ2n) is 8.06. The van der Waals surface area contributed by atoms with E-state index in [1.165, 1.54) is 17.7 Å². The molecule has 29 heavy (non-hydrogen) atoms. The fraction of sp³-hybridized carbons (Fsp3) is 0.435. The average Bonchev–Trinajstić information content (AvgIpc) is 2.67. The molecule has 0 bridgehead atoms. The zero-order valence-electron chi connectivity index (χ0n) is 16.6. The number of nitrogens with zero attached hydrogens (tertiary/aromatic N) is 1. The maximum atomic E-state index is 12.9. The Balaban J connectivity index is 1.90. The summed E-state index contributed by atoms with van der Waals surface area (Å²) in [5.74, 6) is -0.360. The second kappa shape index (κ2) is 8.47. The van der Waals surface area contributed by atoms with Gasteiger partial charge in [0.15, 0.2) is 0 Å². The van der Waals surface area contributed by atoms with Gasteiger partial charge in [-0.15, -0.1) is 0 Å². The molecule has 2 aromatic carbocycles. The van der Waals surface area contributed by atoms with E-state index in [0.29, 0.717) is 25.3 Å². The number of alkyl halides is 3. The van der Waals surface area contributed by atoms with Gasteiger partial charge in [0.25, 0.3) is 0 Å². The summed E-state index contributed by atoms with van der Waals surface area (Å²) in [4.78, 5) is 13.3. The van der Waals surface area contributed by atoms with Crippen LogP contribution in [-0.2, 0) is 11.0 Å². The molecule has 0 saturated carbocycles. The monoisotopic (exact) mass is 405 g/mol. The zero-order chi connectivity index (χ0) is 21.2. The first-order chi connectivity index (χ1) is 13.6. The first kappa shape index (κ1) is 21.2. The molecule has 0 unspecified atom stereocenters. The van der Waals surface area contributed by atoms with Crippen LogP contribution in [0.25, 0.3) is 0 Å². The molecule has 1 fully saturated rings. The molecule has 0 amide bonds. The second-order valence-corrected chi connectivity index (χ2v) is 8.06. The summed E-state index contributed by atoms with van der Waals surface area (Å²) in [6.45, 7) is 4.85. The SMILES string of the molecule is CC(C)c1ccc([C@@H]2C[C@H](CC(=O)O)CCN2c2ccc(C(F)(F)F)cc2)cc1. The molecule has 3 rings (SSSR count). The summed E-state index contributed by atoms with van der Waals surface area (Å²) < 4.78 is 38.7. The predicted octanol–water partition coefficient (Wildman–Crippen LogP) is 6.26. The van der Waals surface area contributed by atoms with E-state index < -0.39 is 17.7 Å². The van der Waals surface area contributed by atoms with E-state index in [-0.39, 0.29) is 18.4 Å². The van der Waals surface area contributed by atoms with Crippen molar-refractivity contribution in [2.45, 2.75) is 51.2 Å². The summed E-state index contributed by atoms with van der Waals surface area (Å²) in [7, 11) is 0. The van der Waals surface area contributed by atoms with Crippen LogP contribution in [0.2, 0.25) is 0 Å². The van der Waals surface area contributed by atoms with Crippen LogP contribution >= 0.6 is 0 Å². The van der Waals surface area contributed by atoms with E-state index in [4.69, 9.17) is 0 Å². The third-order valence-corrected chi connectivity index (χ3v) is 5.69. The molecule has 1 N–H and O–H groups in total. The van der Waals surface area contributed by atoms with Crippen LogP contribution in [0.5, 0.6) is 0 Å². The molecule has 1 aliphatic heterocycles. The van der Waals surface area contributed by atoms with Gasteiger partial charge in [-0.3, -0.25) is 4.79 Å². The first-order valence-electron chi connectivity index (χ1n) is 9.90. The van der Waals surface area contributed by atoms with E-state index in [1.807, 2.05) is 0 Å². The lowest BCUT2D eigenvalue weighted by molar-refractivity contribution is -0.138. The quantitative estimate of drug-likeness (QED) is 0.638. The van der Waals surface area contributed by atoms with Gasteiger partial charge >= 0.3 is 12.1 Å². The number of hydrogen-bond acceptors (Lipinski definition) is 2. The lowest BCUT2D eigenvalue weighted by Gasteiger charge is -2.41. The molecule has 2 atom stereocenters. The molecule has 0 aliphatic carbocycles. The summed E-state index contributed by atoms with van der Waals surface area (Å²) in [6, 6.07) is 13.4. The van der Waals surface area contributed by atoms with E-state index >= 15 is 0 Å². The maximum Gasteiger partial charge on any atom is 0.416 e. The van der Waals surface area contributed by atoms with Crippen LogP contribution < -0.4 is 4.90 Å². The Bertz CT molecular complexity index is 829. The van der Waals surface area contributed by atoms with Crippen molar-refractivity contribution in [1.29, 1.82) is 0 Å².